The molecule has 4 nitrogen and oxygen atoms in total. The minimum absolute atomic E-state index is 0.00470. The van der Waals surface area contributed by atoms with E-state index < -0.39 is 0 Å². The molecule has 1 atom stereocenters. The van der Waals surface area contributed by atoms with Crippen LogP contribution in [0.4, 0.5) is 0 Å². The van der Waals surface area contributed by atoms with Crippen LogP contribution in [0.1, 0.15) is 24.4 Å². The molecule has 6 heteroatoms. The Morgan fingerprint density at radius 1 is 1.39 bits per heavy atom. The van der Waals surface area contributed by atoms with Crippen LogP contribution in [0.15, 0.2) is 32.7 Å². The van der Waals surface area contributed by atoms with E-state index in [0.29, 0.717) is 0 Å². The van der Waals surface area contributed by atoms with Crippen LogP contribution in [-0.4, -0.2) is 14.8 Å². The molecule has 0 amide bonds. The average molecular weight is 327 g/mol. The molecule has 0 aliphatic heterocycles. The van der Waals surface area contributed by atoms with E-state index in [9.17, 15) is 0 Å². The van der Waals surface area contributed by atoms with Crippen molar-refractivity contribution in [2.75, 3.05) is 0 Å². The Hall–Kier alpha value is -0.850. The van der Waals surface area contributed by atoms with Gasteiger partial charge in [0.1, 0.15) is 5.82 Å². The Morgan fingerprint density at radius 3 is 2.67 bits per heavy atom. The van der Waals surface area contributed by atoms with Crippen molar-refractivity contribution in [3.05, 3.63) is 34.1 Å². The summed E-state index contributed by atoms with van der Waals surface area (Å²) in [6, 6.07) is 6.10. The fourth-order valence-corrected chi connectivity index (χ4v) is 3.17. The molecule has 96 valence electrons. The maximum Gasteiger partial charge on any atom is 0.195 e. The van der Waals surface area contributed by atoms with Crippen molar-refractivity contribution < 1.29 is 0 Å². The maximum atomic E-state index is 5.99. The second-order valence-electron chi connectivity index (χ2n) is 4.16. The number of rotatable bonds is 3. The lowest BCUT2D eigenvalue weighted by Crippen LogP contribution is -2.06. The van der Waals surface area contributed by atoms with E-state index in [4.69, 9.17) is 5.73 Å². The summed E-state index contributed by atoms with van der Waals surface area (Å²) in [6.45, 7) is 3.92. The zero-order chi connectivity index (χ0) is 13.3. The monoisotopic (exact) mass is 326 g/mol. The van der Waals surface area contributed by atoms with Crippen molar-refractivity contribution in [1.82, 2.24) is 14.8 Å². The number of benzene rings is 1. The minimum Gasteiger partial charge on any atom is -0.324 e. The molecule has 0 aliphatic carbocycles. The van der Waals surface area contributed by atoms with Crippen molar-refractivity contribution in [2.24, 2.45) is 12.8 Å². The number of halogens is 1. The van der Waals surface area contributed by atoms with Crippen molar-refractivity contribution in [3.8, 4) is 0 Å². The predicted octanol–water partition coefficient (Wildman–Crippen LogP) is 3.06. The van der Waals surface area contributed by atoms with Crippen LogP contribution < -0.4 is 5.73 Å². The fourth-order valence-electron chi connectivity index (χ4n) is 1.55. The van der Waals surface area contributed by atoms with Crippen LogP contribution in [-0.2, 0) is 7.05 Å². The van der Waals surface area contributed by atoms with Crippen molar-refractivity contribution in [3.63, 3.8) is 0 Å². The molecule has 2 rings (SSSR count). The molecule has 0 bridgehead atoms. The molecule has 0 saturated carbocycles. The molecule has 18 heavy (non-hydrogen) atoms. The Balaban J connectivity index is 2.39. The summed E-state index contributed by atoms with van der Waals surface area (Å²) < 4.78 is 3.00. The van der Waals surface area contributed by atoms with Gasteiger partial charge >= 0.3 is 0 Å². The number of nitrogens with two attached hydrogens (primary N) is 1. The van der Waals surface area contributed by atoms with Gasteiger partial charge in [0.05, 0.1) is 0 Å². The summed E-state index contributed by atoms with van der Waals surface area (Å²) in [7, 11) is 1.96. The Bertz CT molecular complexity index is 565. The van der Waals surface area contributed by atoms with Crippen LogP contribution in [0, 0.1) is 6.92 Å². The molecular weight excluding hydrogens is 312 g/mol. The van der Waals surface area contributed by atoms with Crippen LogP contribution in [0.3, 0.4) is 0 Å². The van der Waals surface area contributed by atoms with E-state index in [2.05, 4.69) is 32.2 Å². The van der Waals surface area contributed by atoms with Gasteiger partial charge in [-0.2, -0.15) is 0 Å². The average Bonchev–Trinajstić information content (AvgIpc) is 2.61. The molecular formula is C12H15BrN4S. The molecule has 2 aromatic rings. The molecule has 2 N–H and O–H groups in total. The topological polar surface area (TPSA) is 56.7 Å². The maximum absolute atomic E-state index is 5.99. The summed E-state index contributed by atoms with van der Waals surface area (Å²) in [4.78, 5) is 1.11. The second kappa shape index (κ2) is 5.42. The SMILES string of the molecule is Cc1nnc(Sc2cc(Br)ccc2C(C)N)n1C. The first-order chi connectivity index (χ1) is 8.49. The van der Waals surface area contributed by atoms with Gasteiger partial charge in [-0.15, -0.1) is 10.2 Å². The Morgan fingerprint density at radius 2 is 2.11 bits per heavy atom. The summed E-state index contributed by atoms with van der Waals surface area (Å²) >= 11 is 5.07. The molecule has 0 fully saturated rings. The Kier molecular flexibility index (Phi) is 4.09. The number of aromatic nitrogens is 3. The molecule has 0 aliphatic rings. The zero-order valence-electron chi connectivity index (χ0n) is 10.5. The third-order valence-electron chi connectivity index (χ3n) is 2.72. The largest absolute Gasteiger partial charge is 0.324 e. The van der Waals surface area contributed by atoms with Gasteiger partial charge in [-0.25, -0.2) is 0 Å². The summed E-state index contributed by atoms with van der Waals surface area (Å²) in [5.74, 6) is 0.898. The lowest BCUT2D eigenvalue weighted by atomic mass is 10.1. The fraction of sp³-hybridized carbons (Fsp3) is 0.333. The van der Waals surface area contributed by atoms with Crippen LogP contribution >= 0.6 is 27.7 Å². The second-order valence-corrected chi connectivity index (χ2v) is 6.09. The summed E-state index contributed by atoms with van der Waals surface area (Å²) in [5, 5.41) is 9.09. The van der Waals surface area contributed by atoms with Gasteiger partial charge in [-0.05, 0) is 43.3 Å². The molecule has 0 spiro atoms. The van der Waals surface area contributed by atoms with Gasteiger partial charge in [-0.3, -0.25) is 0 Å². The van der Waals surface area contributed by atoms with Gasteiger partial charge in [0.15, 0.2) is 5.16 Å². The normalized spacial score (nSPS) is 12.7. The molecule has 1 heterocycles. The highest BCUT2D eigenvalue weighted by Gasteiger charge is 2.13. The lowest BCUT2D eigenvalue weighted by molar-refractivity contribution is 0.761. The van der Waals surface area contributed by atoms with E-state index in [0.717, 1.165) is 25.9 Å². The van der Waals surface area contributed by atoms with Crippen molar-refractivity contribution >= 4 is 27.7 Å². The first-order valence-electron chi connectivity index (χ1n) is 5.58. The molecule has 0 saturated heterocycles. The molecule has 1 aromatic carbocycles. The van der Waals surface area contributed by atoms with Crippen molar-refractivity contribution in [1.29, 1.82) is 0 Å². The van der Waals surface area contributed by atoms with Crippen LogP contribution in [0.5, 0.6) is 0 Å². The van der Waals surface area contributed by atoms with Crippen molar-refractivity contribution in [2.45, 2.75) is 29.9 Å². The van der Waals surface area contributed by atoms with Gasteiger partial charge in [0, 0.05) is 22.5 Å². The van der Waals surface area contributed by atoms with E-state index in [1.54, 1.807) is 11.8 Å². The van der Waals surface area contributed by atoms with E-state index in [1.807, 2.05) is 37.6 Å². The van der Waals surface area contributed by atoms with Gasteiger partial charge in [0.2, 0.25) is 0 Å². The quantitative estimate of drug-likeness (QED) is 0.941. The highest BCUT2D eigenvalue weighted by Crippen LogP contribution is 2.33. The first kappa shape index (κ1) is 13.6. The zero-order valence-corrected chi connectivity index (χ0v) is 12.9. The number of hydrogen-bond donors (Lipinski definition) is 1. The smallest absolute Gasteiger partial charge is 0.195 e. The number of hydrogen-bond acceptors (Lipinski definition) is 4. The molecule has 1 aromatic heterocycles. The van der Waals surface area contributed by atoms with Gasteiger partial charge in [0.25, 0.3) is 0 Å². The third kappa shape index (κ3) is 2.76. The highest BCUT2D eigenvalue weighted by molar-refractivity contribution is 9.10. The first-order valence-corrected chi connectivity index (χ1v) is 7.19. The predicted molar refractivity (Wildman–Crippen MR) is 76.6 cm³/mol. The lowest BCUT2D eigenvalue weighted by Gasteiger charge is -2.12. The summed E-state index contributed by atoms with van der Waals surface area (Å²) in [5.41, 5.74) is 7.10. The standard InChI is InChI=1S/C12H15BrN4S/c1-7(14)10-5-4-9(13)6-11(10)18-12-16-15-8(2)17(12)3/h4-7H,14H2,1-3H3. The van der Waals surface area contributed by atoms with Crippen LogP contribution in [0.2, 0.25) is 0 Å². The summed E-state index contributed by atoms with van der Waals surface area (Å²) in [6.07, 6.45) is 0. The molecule has 0 radical (unpaired) electrons. The number of aryl methyl sites for hydroxylation is 1. The van der Waals surface area contributed by atoms with E-state index in [-0.39, 0.29) is 6.04 Å². The van der Waals surface area contributed by atoms with E-state index >= 15 is 0 Å². The minimum atomic E-state index is -0.00470. The van der Waals surface area contributed by atoms with Gasteiger partial charge < -0.3 is 10.3 Å². The Labute approximate surface area is 119 Å². The van der Waals surface area contributed by atoms with Crippen LogP contribution in [0.25, 0.3) is 0 Å². The van der Waals surface area contributed by atoms with Gasteiger partial charge in [-0.1, -0.05) is 22.0 Å². The number of nitrogens with zero attached hydrogens (tertiary/aromatic N) is 3. The third-order valence-corrected chi connectivity index (χ3v) is 4.32. The highest BCUT2D eigenvalue weighted by atomic mass is 79.9. The molecule has 1 unspecified atom stereocenters. The van der Waals surface area contributed by atoms with E-state index in [1.165, 1.54) is 0 Å².